The number of nitrogens with two attached hydrogens (primary N) is 1. The van der Waals surface area contributed by atoms with Gasteiger partial charge in [-0.15, -0.1) is 0 Å². The van der Waals surface area contributed by atoms with Gasteiger partial charge in [-0.2, -0.15) is 0 Å². The second-order valence-electron chi connectivity index (χ2n) is 5.43. The highest BCUT2D eigenvalue weighted by molar-refractivity contribution is 5.85. The van der Waals surface area contributed by atoms with E-state index < -0.39 is 0 Å². The molecule has 0 aliphatic carbocycles. The number of nitrogens with zero attached hydrogens (tertiary/aromatic N) is 1. The summed E-state index contributed by atoms with van der Waals surface area (Å²) >= 11 is 0. The molecule has 3 rings (SSSR count). The van der Waals surface area contributed by atoms with Gasteiger partial charge >= 0.3 is 0 Å². The van der Waals surface area contributed by atoms with Crippen LogP contribution >= 0.6 is 0 Å². The van der Waals surface area contributed by atoms with E-state index >= 15 is 0 Å². The van der Waals surface area contributed by atoms with Crippen molar-refractivity contribution >= 4 is 10.8 Å². The number of hydrogen-bond donors (Lipinski definition) is 1. The van der Waals surface area contributed by atoms with Crippen LogP contribution in [0.4, 0.5) is 0 Å². The number of aromatic nitrogens is 1. The van der Waals surface area contributed by atoms with Gasteiger partial charge in [0.25, 0.3) is 0 Å². The van der Waals surface area contributed by atoms with Crippen molar-refractivity contribution in [3.05, 3.63) is 78.1 Å². The molecule has 0 spiro atoms. The molecule has 0 radical (unpaired) electrons. The van der Waals surface area contributed by atoms with Gasteiger partial charge in [-0.05, 0) is 41.8 Å². The van der Waals surface area contributed by atoms with Gasteiger partial charge < -0.3 is 5.73 Å². The third kappa shape index (κ3) is 3.29. The van der Waals surface area contributed by atoms with Crippen LogP contribution in [-0.2, 0) is 6.42 Å². The summed E-state index contributed by atoms with van der Waals surface area (Å²) in [6, 6.07) is 19.0. The molecule has 106 valence electrons. The lowest BCUT2D eigenvalue weighted by Gasteiger charge is -2.14. The Balaban J connectivity index is 1.68. The zero-order valence-electron chi connectivity index (χ0n) is 12.1. The molecule has 3 aromatic rings. The van der Waals surface area contributed by atoms with Gasteiger partial charge in [0.2, 0.25) is 0 Å². The van der Waals surface area contributed by atoms with Crippen molar-refractivity contribution in [2.75, 3.05) is 0 Å². The molecule has 1 atom stereocenters. The minimum absolute atomic E-state index is 0.0832. The SMILES string of the molecule is NC(CCCc1ccccc1)c1cccc2cnccc12. The molecule has 2 aromatic carbocycles. The van der Waals surface area contributed by atoms with Gasteiger partial charge in [0.1, 0.15) is 0 Å². The number of pyridine rings is 1. The van der Waals surface area contributed by atoms with E-state index in [1.54, 1.807) is 0 Å². The Morgan fingerprint density at radius 1 is 0.952 bits per heavy atom. The first-order valence-corrected chi connectivity index (χ1v) is 7.47. The van der Waals surface area contributed by atoms with E-state index in [1.807, 2.05) is 12.4 Å². The highest BCUT2D eigenvalue weighted by Gasteiger charge is 2.09. The monoisotopic (exact) mass is 276 g/mol. The summed E-state index contributed by atoms with van der Waals surface area (Å²) in [7, 11) is 0. The van der Waals surface area contributed by atoms with Crippen LogP contribution in [-0.4, -0.2) is 4.98 Å². The molecule has 1 heterocycles. The predicted octanol–water partition coefficient (Wildman–Crippen LogP) is 4.26. The molecule has 0 fully saturated rings. The number of benzene rings is 2. The third-order valence-corrected chi connectivity index (χ3v) is 3.94. The molecule has 21 heavy (non-hydrogen) atoms. The van der Waals surface area contributed by atoms with E-state index in [0.717, 1.165) is 24.6 Å². The topological polar surface area (TPSA) is 38.9 Å². The largest absolute Gasteiger partial charge is 0.324 e. The van der Waals surface area contributed by atoms with Crippen LogP contribution < -0.4 is 5.73 Å². The summed E-state index contributed by atoms with van der Waals surface area (Å²) in [4.78, 5) is 4.17. The smallest absolute Gasteiger partial charge is 0.0346 e. The van der Waals surface area contributed by atoms with Gasteiger partial charge in [0.15, 0.2) is 0 Å². The number of aryl methyl sites for hydroxylation is 1. The number of rotatable bonds is 5. The third-order valence-electron chi connectivity index (χ3n) is 3.94. The lowest BCUT2D eigenvalue weighted by molar-refractivity contribution is 0.615. The van der Waals surface area contributed by atoms with Crippen LogP contribution in [0.1, 0.15) is 30.0 Å². The molecule has 0 saturated carbocycles. The molecule has 0 bridgehead atoms. The summed E-state index contributed by atoms with van der Waals surface area (Å²) in [5.41, 5.74) is 9.01. The number of fused-ring (bicyclic) bond motifs is 1. The van der Waals surface area contributed by atoms with E-state index in [-0.39, 0.29) is 6.04 Å². The lowest BCUT2D eigenvalue weighted by atomic mass is 9.96. The van der Waals surface area contributed by atoms with E-state index in [4.69, 9.17) is 5.73 Å². The molecule has 2 heteroatoms. The van der Waals surface area contributed by atoms with Gasteiger partial charge in [-0.1, -0.05) is 48.5 Å². The normalized spacial score (nSPS) is 12.4. The molecule has 1 unspecified atom stereocenters. The average molecular weight is 276 g/mol. The summed E-state index contributed by atoms with van der Waals surface area (Å²) in [5, 5.41) is 2.38. The maximum Gasteiger partial charge on any atom is 0.0346 e. The van der Waals surface area contributed by atoms with Gasteiger partial charge in [0, 0.05) is 23.8 Å². The Kier molecular flexibility index (Phi) is 4.27. The van der Waals surface area contributed by atoms with Gasteiger partial charge in [-0.3, -0.25) is 4.98 Å². The van der Waals surface area contributed by atoms with E-state index in [2.05, 4.69) is 59.6 Å². The summed E-state index contributed by atoms with van der Waals surface area (Å²) in [6.07, 6.45) is 6.92. The second kappa shape index (κ2) is 6.51. The van der Waals surface area contributed by atoms with Crippen molar-refractivity contribution in [3.8, 4) is 0 Å². The minimum atomic E-state index is 0.0832. The molecule has 0 aliphatic heterocycles. The zero-order chi connectivity index (χ0) is 14.5. The minimum Gasteiger partial charge on any atom is -0.324 e. The Bertz CT molecular complexity index is 702. The molecule has 0 amide bonds. The van der Waals surface area contributed by atoms with Crippen LogP contribution in [0, 0.1) is 0 Å². The highest BCUT2D eigenvalue weighted by Crippen LogP contribution is 2.25. The molecule has 2 nitrogen and oxygen atoms in total. The first-order chi connectivity index (χ1) is 10.3. The molecular weight excluding hydrogens is 256 g/mol. The van der Waals surface area contributed by atoms with Crippen molar-refractivity contribution in [1.82, 2.24) is 4.98 Å². The van der Waals surface area contributed by atoms with Crippen molar-refractivity contribution in [1.29, 1.82) is 0 Å². The summed E-state index contributed by atoms with van der Waals surface area (Å²) in [6.45, 7) is 0. The van der Waals surface area contributed by atoms with Crippen LogP contribution in [0.2, 0.25) is 0 Å². The second-order valence-corrected chi connectivity index (χ2v) is 5.43. The van der Waals surface area contributed by atoms with Gasteiger partial charge in [-0.25, -0.2) is 0 Å². The Morgan fingerprint density at radius 3 is 2.67 bits per heavy atom. The van der Waals surface area contributed by atoms with Crippen LogP contribution in [0.3, 0.4) is 0 Å². The summed E-state index contributed by atoms with van der Waals surface area (Å²) in [5.74, 6) is 0. The molecule has 2 N–H and O–H groups in total. The Hall–Kier alpha value is -2.19. The maximum absolute atomic E-state index is 6.40. The predicted molar refractivity (Wildman–Crippen MR) is 88.1 cm³/mol. The van der Waals surface area contributed by atoms with Crippen LogP contribution in [0.25, 0.3) is 10.8 Å². The quantitative estimate of drug-likeness (QED) is 0.756. The van der Waals surface area contributed by atoms with E-state index in [0.29, 0.717) is 0 Å². The Morgan fingerprint density at radius 2 is 1.81 bits per heavy atom. The fourth-order valence-electron chi connectivity index (χ4n) is 2.80. The van der Waals surface area contributed by atoms with Crippen LogP contribution in [0.5, 0.6) is 0 Å². The number of hydrogen-bond acceptors (Lipinski definition) is 2. The standard InChI is InChI=1S/C19H20N2/c20-19(11-4-8-15-6-2-1-3-7-15)18-10-5-9-16-14-21-13-12-17(16)18/h1-3,5-7,9-10,12-14,19H,4,8,11,20H2. The van der Waals surface area contributed by atoms with Gasteiger partial charge in [0.05, 0.1) is 0 Å². The first-order valence-electron chi connectivity index (χ1n) is 7.47. The highest BCUT2D eigenvalue weighted by atomic mass is 14.6. The van der Waals surface area contributed by atoms with E-state index in [9.17, 15) is 0 Å². The molecule has 1 aromatic heterocycles. The first kappa shape index (κ1) is 13.8. The Labute approximate surface area is 125 Å². The lowest BCUT2D eigenvalue weighted by Crippen LogP contribution is -2.11. The fourth-order valence-corrected chi connectivity index (χ4v) is 2.80. The van der Waals surface area contributed by atoms with E-state index in [1.165, 1.54) is 16.5 Å². The van der Waals surface area contributed by atoms with Crippen molar-refractivity contribution in [2.45, 2.75) is 25.3 Å². The summed E-state index contributed by atoms with van der Waals surface area (Å²) < 4.78 is 0. The molecular formula is C19H20N2. The molecule has 0 saturated heterocycles. The van der Waals surface area contributed by atoms with Crippen molar-refractivity contribution in [2.24, 2.45) is 5.73 Å². The van der Waals surface area contributed by atoms with Crippen LogP contribution in [0.15, 0.2) is 67.0 Å². The van der Waals surface area contributed by atoms with Crippen molar-refractivity contribution < 1.29 is 0 Å². The molecule has 0 aliphatic rings. The maximum atomic E-state index is 6.40. The van der Waals surface area contributed by atoms with Crippen molar-refractivity contribution in [3.63, 3.8) is 0 Å². The fraction of sp³-hybridized carbons (Fsp3) is 0.211. The average Bonchev–Trinajstić information content (AvgIpc) is 2.55. The zero-order valence-corrected chi connectivity index (χ0v) is 12.1.